The van der Waals surface area contributed by atoms with Gasteiger partial charge in [0.15, 0.2) is 0 Å². The fourth-order valence-electron chi connectivity index (χ4n) is 3.59. The van der Waals surface area contributed by atoms with Crippen molar-refractivity contribution in [3.05, 3.63) is 30.1 Å². The Hall–Kier alpha value is -1.95. The molecule has 0 aliphatic carbocycles. The summed E-state index contributed by atoms with van der Waals surface area (Å²) in [5.41, 5.74) is 0.652. The van der Waals surface area contributed by atoms with Crippen molar-refractivity contribution in [2.75, 3.05) is 38.6 Å². The van der Waals surface area contributed by atoms with Crippen LogP contribution in [0.3, 0.4) is 0 Å². The summed E-state index contributed by atoms with van der Waals surface area (Å²) in [6.45, 7) is 2.45. The van der Waals surface area contributed by atoms with E-state index in [1.807, 2.05) is 7.05 Å². The van der Waals surface area contributed by atoms with Crippen molar-refractivity contribution in [2.45, 2.75) is 25.3 Å². The van der Waals surface area contributed by atoms with Gasteiger partial charge in [0.25, 0.3) is 0 Å². The Kier molecular flexibility index (Phi) is 4.85. The molecule has 2 aliphatic rings. The van der Waals surface area contributed by atoms with Crippen molar-refractivity contribution in [1.29, 1.82) is 0 Å². The Bertz CT molecular complexity index is 611. The topological polar surface area (TPSA) is 43.9 Å². The zero-order valence-electron chi connectivity index (χ0n) is 14.2. The van der Waals surface area contributed by atoms with Crippen LogP contribution in [0.15, 0.2) is 24.3 Å². The second kappa shape index (κ2) is 6.89. The Morgan fingerprint density at radius 3 is 2.38 bits per heavy atom. The van der Waals surface area contributed by atoms with Crippen LogP contribution in [0.5, 0.6) is 0 Å². The fourth-order valence-corrected chi connectivity index (χ4v) is 3.59. The Labute approximate surface area is 142 Å². The molecule has 2 amide bonds. The summed E-state index contributed by atoms with van der Waals surface area (Å²) in [5.74, 6) is -1.20. The molecule has 130 valence electrons. The van der Waals surface area contributed by atoms with E-state index in [1.165, 1.54) is 12.1 Å². The summed E-state index contributed by atoms with van der Waals surface area (Å²) < 4.78 is 13.0. The molecule has 1 aromatic carbocycles. The van der Waals surface area contributed by atoms with Crippen molar-refractivity contribution in [1.82, 2.24) is 9.80 Å². The summed E-state index contributed by atoms with van der Waals surface area (Å²) in [5, 5.41) is 0. The number of halogens is 1. The van der Waals surface area contributed by atoms with Crippen LogP contribution < -0.4 is 4.90 Å². The average Bonchev–Trinajstić information content (AvgIpc) is 2.96. The number of anilines is 1. The third-order valence-electron chi connectivity index (χ3n) is 5.23. The lowest BCUT2D eigenvalue weighted by Gasteiger charge is -2.36. The molecule has 0 saturated carbocycles. The van der Waals surface area contributed by atoms with Gasteiger partial charge in [0.1, 0.15) is 11.7 Å². The van der Waals surface area contributed by atoms with E-state index in [9.17, 15) is 14.0 Å². The van der Waals surface area contributed by atoms with Crippen molar-refractivity contribution in [3.8, 4) is 0 Å². The van der Waals surface area contributed by atoms with Gasteiger partial charge in [-0.15, -0.1) is 0 Å². The van der Waals surface area contributed by atoms with Gasteiger partial charge in [-0.2, -0.15) is 0 Å². The zero-order valence-corrected chi connectivity index (χ0v) is 14.2. The molecule has 24 heavy (non-hydrogen) atoms. The van der Waals surface area contributed by atoms with Crippen molar-refractivity contribution in [3.63, 3.8) is 0 Å². The van der Waals surface area contributed by atoms with E-state index in [-0.39, 0.29) is 23.7 Å². The van der Waals surface area contributed by atoms with Gasteiger partial charge in [-0.25, -0.2) is 4.39 Å². The Balaban J connectivity index is 1.66. The van der Waals surface area contributed by atoms with Crippen molar-refractivity contribution < 1.29 is 14.0 Å². The van der Waals surface area contributed by atoms with Gasteiger partial charge < -0.3 is 14.7 Å². The molecule has 1 unspecified atom stereocenters. The maximum absolute atomic E-state index is 13.0. The van der Waals surface area contributed by atoms with Gasteiger partial charge in [-0.05, 0) is 63.7 Å². The van der Waals surface area contributed by atoms with E-state index in [2.05, 4.69) is 11.9 Å². The van der Waals surface area contributed by atoms with Crippen LogP contribution in [0, 0.1) is 11.7 Å². The molecule has 2 heterocycles. The number of hydrogen-bond donors (Lipinski definition) is 0. The molecule has 2 fully saturated rings. The zero-order chi connectivity index (χ0) is 17.3. The highest BCUT2D eigenvalue weighted by molar-refractivity contribution is 6.09. The van der Waals surface area contributed by atoms with Gasteiger partial charge in [-0.1, -0.05) is 0 Å². The Morgan fingerprint density at radius 2 is 1.75 bits per heavy atom. The van der Waals surface area contributed by atoms with E-state index < -0.39 is 5.92 Å². The molecule has 0 radical (unpaired) electrons. The van der Waals surface area contributed by atoms with Crippen LogP contribution in [0.1, 0.15) is 19.3 Å². The number of likely N-dealkylation sites (tertiary alicyclic amines) is 1. The number of carbonyl (C=O) groups is 2. The first-order valence-electron chi connectivity index (χ1n) is 8.49. The van der Waals surface area contributed by atoms with E-state index in [0.717, 1.165) is 25.9 Å². The Morgan fingerprint density at radius 1 is 1.12 bits per heavy atom. The predicted octanol–water partition coefficient (Wildman–Crippen LogP) is 1.73. The van der Waals surface area contributed by atoms with Gasteiger partial charge in [0, 0.05) is 25.3 Å². The molecule has 0 bridgehead atoms. The number of nitrogens with zero attached hydrogens (tertiary/aromatic N) is 3. The number of rotatable bonds is 3. The van der Waals surface area contributed by atoms with Crippen molar-refractivity contribution in [2.24, 2.45) is 5.92 Å². The number of benzene rings is 1. The highest BCUT2D eigenvalue weighted by Gasteiger charge is 2.40. The summed E-state index contributed by atoms with van der Waals surface area (Å²) in [6, 6.07) is 6.05. The van der Waals surface area contributed by atoms with Crippen LogP contribution in [0.25, 0.3) is 0 Å². The maximum atomic E-state index is 13.0. The standard InChI is InChI=1S/C18H24FN3O2/c1-20-10-7-14(8-11-20)21(2)17(23)16-9-12-22(18(16)24)15-5-3-13(19)4-6-15/h3-6,14,16H,7-12H2,1-2H3. The largest absolute Gasteiger partial charge is 0.342 e. The van der Waals surface area contributed by atoms with E-state index in [4.69, 9.17) is 0 Å². The van der Waals surface area contributed by atoms with Gasteiger partial charge in [-0.3, -0.25) is 9.59 Å². The van der Waals surface area contributed by atoms with Gasteiger partial charge >= 0.3 is 0 Å². The van der Waals surface area contributed by atoms with Crippen molar-refractivity contribution >= 4 is 17.5 Å². The molecular weight excluding hydrogens is 309 g/mol. The SMILES string of the molecule is CN1CCC(N(C)C(=O)C2CCN(c3ccc(F)cc3)C2=O)CC1. The van der Waals surface area contributed by atoms with E-state index in [0.29, 0.717) is 18.7 Å². The highest BCUT2D eigenvalue weighted by atomic mass is 19.1. The third-order valence-corrected chi connectivity index (χ3v) is 5.23. The summed E-state index contributed by atoms with van der Waals surface area (Å²) >= 11 is 0. The first kappa shape index (κ1) is 16.9. The average molecular weight is 333 g/mol. The molecule has 2 aliphatic heterocycles. The molecule has 1 atom stereocenters. The number of hydrogen-bond acceptors (Lipinski definition) is 3. The normalized spacial score (nSPS) is 22.9. The van der Waals surface area contributed by atoms with Gasteiger partial charge in [0.05, 0.1) is 0 Å². The van der Waals surface area contributed by atoms with E-state index >= 15 is 0 Å². The maximum Gasteiger partial charge on any atom is 0.239 e. The van der Waals surface area contributed by atoms with Crippen LogP contribution >= 0.6 is 0 Å². The summed E-state index contributed by atoms with van der Waals surface area (Å²) in [7, 11) is 3.89. The molecule has 2 saturated heterocycles. The lowest BCUT2D eigenvalue weighted by atomic mass is 10.0. The summed E-state index contributed by atoms with van der Waals surface area (Å²) in [4.78, 5) is 31.0. The monoisotopic (exact) mass is 333 g/mol. The smallest absolute Gasteiger partial charge is 0.239 e. The molecule has 0 N–H and O–H groups in total. The minimum atomic E-state index is -0.611. The second-order valence-corrected chi connectivity index (χ2v) is 6.79. The molecule has 0 aromatic heterocycles. The quantitative estimate of drug-likeness (QED) is 0.792. The third kappa shape index (κ3) is 3.29. The van der Waals surface area contributed by atoms with Crippen LogP contribution in [-0.4, -0.2) is 61.4 Å². The second-order valence-electron chi connectivity index (χ2n) is 6.79. The van der Waals surface area contributed by atoms with Crippen LogP contribution in [0.2, 0.25) is 0 Å². The molecule has 1 aromatic rings. The molecular formula is C18H24FN3O2. The number of amides is 2. The molecule has 6 heteroatoms. The summed E-state index contributed by atoms with van der Waals surface area (Å²) in [6.07, 6.45) is 2.41. The van der Waals surface area contributed by atoms with Crippen LogP contribution in [-0.2, 0) is 9.59 Å². The molecule has 3 rings (SSSR count). The lowest BCUT2D eigenvalue weighted by molar-refractivity contribution is -0.141. The predicted molar refractivity (Wildman–Crippen MR) is 90.1 cm³/mol. The van der Waals surface area contributed by atoms with Gasteiger partial charge in [0.2, 0.25) is 11.8 Å². The van der Waals surface area contributed by atoms with E-state index in [1.54, 1.807) is 21.9 Å². The minimum Gasteiger partial charge on any atom is -0.342 e. The first-order chi connectivity index (χ1) is 11.5. The fraction of sp³-hybridized carbons (Fsp3) is 0.556. The molecule has 0 spiro atoms. The number of carbonyl (C=O) groups excluding carboxylic acids is 2. The highest BCUT2D eigenvalue weighted by Crippen LogP contribution is 2.28. The molecule has 5 nitrogen and oxygen atoms in total. The minimum absolute atomic E-state index is 0.0841. The lowest BCUT2D eigenvalue weighted by Crippen LogP contribution is -2.47. The van der Waals surface area contributed by atoms with Crippen LogP contribution in [0.4, 0.5) is 10.1 Å². The number of piperidine rings is 1. The first-order valence-corrected chi connectivity index (χ1v) is 8.49.